The fourth-order valence-electron chi connectivity index (χ4n) is 3.75. The van der Waals surface area contributed by atoms with Gasteiger partial charge in [-0.25, -0.2) is 9.59 Å². The van der Waals surface area contributed by atoms with Gasteiger partial charge in [0.25, 0.3) is 0 Å². The van der Waals surface area contributed by atoms with Crippen LogP contribution < -0.4 is 9.47 Å². The van der Waals surface area contributed by atoms with Gasteiger partial charge in [0.2, 0.25) is 11.9 Å². The molecular weight excluding hydrogens is 426 g/mol. The Kier molecular flexibility index (Phi) is 6.17. The normalized spacial score (nSPS) is 14.5. The minimum absolute atomic E-state index is 0.0140. The molecule has 0 spiro atoms. The van der Waals surface area contributed by atoms with Gasteiger partial charge in [0.15, 0.2) is 18.1 Å². The van der Waals surface area contributed by atoms with E-state index in [0.717, 1.165) is 11.4 Å². The number of methoxy groups -OCH3 is 1. The highest BCUT2D eigenvalue weighted by Gasteiger charge is 2.29. The van der Waals surface area contributed by atoms with Crippen LogP contribution in [0, 0.1) is 13.8 Å². The Hall–Kier alpha value is -4.07. The zero-order chi connectivity index (χ0) is 23.5. The summed E-state index contributed by atoms with van der Waals surface area (Å²) in [7, 11) is 1.33. The number of aromatic nitrogens is 1. The first-order valence-electron chi connectivity index (χ1n) is 10.3. The van der Waals surface area contributed by atoms with Crippen molar-refractivity contribution in [3.8, 4) is 17.2 Å². The van der Waals surface area contributed by atoms with E-state index in [1.54, 1.807) is 48.5 Å². The summed E-state index contributed by atoms with van der Waals surface area (Å²) in [5, 5.41) is 0. The number of aryl methyl sites for hydroxylation is 1. The Morgan fingerprint density at radius 1 is 1.03 bits per heavy atom. The Labute approximate surface area is 190 Å². The molecule has 4 rings (SSSR count). The molecular formula is C25H23NO7. The van der Waals surface area contributed by atoms with Crippen LogP contribution in [0.15, 0.2) is 54.6 Å². The zero-order valence-corrected chi connectivity index (χ0v) is 18.5. The first-order valence-corrected chi connectivity index (χ1v) is 10.3. The van der Waals surface area contributed by atoms with Crippen molar-refractivity contribution < 1.29 is 33.3 Å². The van der Waals surface area contributed by atoms with E-state index >= 15 is 0 Å². The molecule has 1 aromatic heterocycles. The summed E-state index contributed by atoms with van der Waals surface area (Å²) in [4.78, 5) is 36.9. The van der Waals surface area contributed by atoms with Crippen molar-refractivity contribution in [3.05, 3.63) is 77.1 Å². The highest BCUT2D eigenvalue weighted by atomic mass is 16.6. The van der Waals surface area contributed by atoms with Gasteiger partial charge in [-0.15, -0.1) is 0 Å². The molecule has 33 heavy (non-hydrogen) atoms. The minimum atomic E-state index is -0.937. The number of benzene rings is 2. The van der Waals surface area contributed by atoms with Crippen LogP contribution in [0.4, 0.5) is 0 Å². The number of hydrogen-bond acceptors (Lipinski definition) is 7. The summed E-state index contributed by atoms with van der Waals surface area (Å²) in [5.74, 6) is -0.393. The monoisotopic (exact) mass is 449 g/mol. The third-order valence-electron chi connectivity index (χ3n) is 5.40. The highest BCUT2D eigenvalue weighted by molar-refractivity contribution is 5.99. The van der Waals surface area contributed by atoms with Crippen LogP contribution in [0.1, 0.15) is 32.1 Å². The molecule has 0 radical (unpaired) electrons. The first kappa shape index (κ1) is 22.1. The lowest BCUT2D eigenvalue weighted by molar-refractivity contribution is -0.153. The fraction of sp³-hybridized carbons (Fsp3) is 0.240. The van der Waals surface area contributed by atoms with Crippen LogP contribution in [0.2, 0.25) is 0 Å². The lowest BCUT2D eigenvalue weighted by Gasteiger charge is -2.24. The quantitative estimate of drug-likeness (QED) is 0.420. The molecule has 0 amide bonds. The minimum Gasteiger partial charge on any atom is -0.485 e. The van der Waals surface area contributed by atoms with E-state index < -0.39 is 24.6 Å². The predicted molar refractivity (Wildman–Crippen MR) is 118 cm³/mol. The number of rotatable bonds is 6. The third-order valence-corrected chi connectivity index (χ3v) is 5.40. The third kappa shape index (κ3) is 4.45. The molecule has 0 aliphatic carbocycles. The van der Waals surface area contributed by atoms with Gasteiger partial charge in [0.05, 0.1) is 12.7 Å². The lowest BCUT2D eigenvalue weighted by Crippen LogP contribution is -2.38. The molecule has 170 valence electrons. The SMILES string of the molecule is COC(=O)c1ccc(-n2c(C)cc(C(=O)COC(=O)[C@@H]3COc4ccccc4O3)c2C)cc1. The second kappa shape index (κ2) is 9.20. The van der Waals surface area contributed by atoms with Gasteiger partial charge < -0.3 is 23.5 Å². The fourth-order valence-corrected chi connectivity index (χ4v) is 3.75. The molecule has 0 N–H and O–H groups in total. The summed E-state index contributed by atoms with van der Waals surface area (Å²) in [6.07, 6.45) is -0.937. The number of para-hydroxylation sites is 2. The molecule has 1 aliphatic heterocycles. The second-order valence-corrected chi connectivity index (χ2v) is 7.55. The van der Waals surface area contributed by atoms with Gasteiger partial charge in [-0.1, -0.05) is 12.1 Å². The number of Topliss-reactive ketones (excluding diaryl/α,β-unsaturated/α-hetero) is 1. The molecule has 0 bridgehead atoms. The molecule has 3 aromatic rings. The van der Waals surface area contributed by atoms with Crippen LogP contribution in [0.5, 0.6) is 11.5 Å². The number of carbonyl (C=O) groups excluding carboxylic acids is 3. The van der Waals surface area contributed by atoms with Crippen LogP contribution in [0.3, 0.4) is 0 Å². The number of ketones is 1. The number of fused-ring (bicyclic) bond motifs is 1. The molecule has 8 heteroatoms. The summed E-state index contributed by atoms with van der Waals surface area (Å²) >= 11 is 0. The molecule has 8 nitrogen and oxygen atoms in total. The summed E-state index contributed by atoms with van der Waals surface area (Å²) in [5.41, 5.74) is 3.20. The van der Waals surface area contributed by atoms with Crippen molar-refractivity contribution in [1.29, 1.82) is 0 Å². The molecule has 0 fully saturated rings. The molecule has 0 saturated carbocycles. The molecule has 1 aliphatic rings. The first-order chi connectivity index (χ1) is 15.9. The summed E-state index contributed by atoms with van der Waals surface area (Å²) in [6, 6.07) is 15.7. The number of hydrogen-bond donors (Lipinski definition) is 0. The Morgan fingerprint density at radius 2 is 1.73 bits per heavy atom. The van der Waals surface area contributed by atoms with Crippen LogP contribution in [-0.4, -0.2) is 48.7 Å². The Bertz CT molecular complexity index is 1210. The molecule has 1 atom stereocenters. The lowest BCUT2D eigenvalue weighted by atomic mass is 10.1. The van der Waals surface area contributed by atoms with Crippen molar-refractivity contribution in [1.82, 2.24) is 4.57 Å². The maximum absolute atomic E-state index is 12.8. The summed E-state index contributed by atoms with van der Waals surface area (Å²) < 4.78 is 23.0. The van der Waals surface area contributed by atoms with E-state index in [4.69, 9.17) is 18.9 Å². The molecule has 2 aromatic carbocycles. The molecule has 0 unspecified atom stereocenters. The van der Waals surface area contributed by atoms with Crippen molar-refractivity contribution >= 4 is 17.7 Å². The van der Waals surface area contributed by atoms with Crippen molar-refractivity contribution in [2.75, 3.05) is 20.3 Å². The number of ether oxygens (including phenoxy) is 4. The smallest absolute Gasteiger partial charge is 0.351 e. The van der Waals surface area contributed by atoms with Gasteiger partial charge in [-0.2, -0.15) is 0 Å². The van der Waals surface area contributed by atoms with Crippen molar-refractivity contribution in [3.63, 3.8) is 0 Å². The van der Waals surface area contributed by atoms with E-state index in [1.165, 1.54) is 7.11 Å². The topological polar surface area (TPSA) is 93.1 Å². The highest BCUT2D eigenvalue weighted by Crippen LogP contribution is 2.31. The second-order valence-electron chi connectivity index (χ2n) is 7.55. The molecule has 2 heterocycles. The number of carbonyl (C=O) groups is 3. The summed E-state index contributed by atoms with van der Waals surface area (Å²) in [6.45, 7) is 3.28. The van der Waals surface area contributed by atoms with Crippen LogP contribution >= 0.6 is 0 Å². The van der Waals surface area contributed by atoms with Crippen LogP contribution in [-0.2, 0) is 14.3 Å². The maximum Gasteiger partial charge on any atom is 0.351 e. The molecule has 0 saturated heterocycles. The standard InChI is InChI=1S/C25H23NO7/c1-15-12-19(16(2)26(15)18-10-8-17(9-11-18)24(28)30-3)20(27)13-32-25(29)23-14-31-21-6-4-5-7-22(21)33-23/h4-12,23H,13-14H2,1-3H3/t23-/m0/s1. The average Bonchev–Trinajstić information content (AvgIpc) is 3.15. The van der Waals surface area contributed by atoms with E-state index in [2.05, 4.69) is 0 Å². The van der Waals surface area contributed by atoms with Gasteiger partial charge in [0, 0.05) is 22.6 Å². The van der Waals surface area contributed by atoms with Gasteiger partial charge in [-0.05, 0) is 56.3 Å². The van der Waals surface area contributed by atoms with Crippen molar-refractivity contribution in [2.24, 2.45) is 0 Å². The average molecular weight is 449 g/mol. The van der Waals surface area contributed by atoms with E-state index in [0.29, 0.717) is 28.3 Å². The largest absolute Gasteiger partial charge is 0.485 e. The van der Waals surface area contributed by atoms with Crippen LogP contribution in [0.25, 0.3) is 5.69 Å². The zero-order valence-electron chi connectivity index (χ0n) is 18.5. The van der Waals surface area contributed by atoms with E-state index in [9.17, 15) is 14.4 Å². The Balaban J connectivity index is 1.43. The maximum atomic E-state index is 12.8. The number of nitrogens with zero attached hydrogens (tertiary/aromatic N) is 1. The van der Waals surface area contributed by atoms with E-state index in [-0.39, 0.29) is 12.4 Å². The van der Waals surface area contributed by atoms with Gasteiger partial charge in [-0.3, -0.25) is 4.79 Å². The van der Waals surface area contributed by atoms with Crippen molar-refractivity contribution in [2.45, 2.75) is 20.0 Å². The van der Waals surface area contributed by atoms with Gasteiger partial charge >= 0.3 is 11.9 Å². The predicted octanol–water partition coefficient (Wildman–Crippen LogP) is 3.45. The Morgan fingerprint density at radius 3 is 2.42 bits per heavy atom. The van der Waals surface area contributed by atoms with E-state index in [1.807, 2.05) is 24.5 Å². The number of esters is 2. The van der Waals surface area contributed by atoms with Gasteiger partial charge in [0.1, 0.15) is 6.61 Å².